The topological polar surface area (TPSA) is 30.5 Å². The number of unbranched alkanes of at least 4 members (excludes halogenated alkanes) is 1. The second-order valence-corrected chi connectivity index (χ2v) is 5.36. The molecule has 0 spiro atoms. The minimum absolute atomic E-state index is 0.467. The van der Waals surface area contributed by atoms with E-state index in [9.17, 15) is 0 Å². The maximum atomic E-state index is 5.91. The molecule has 0 unspecified atom stereocenters. The molecule has 0 amide bonds. The molecule has 0 radical (unpaired) electrons. The van der Waals surface area contributed by atoms with Crippen molar-refractivity contribution in [2.24, 2.45) is 0 Å². The molecule has 0 fully saturated rings. The summed E-state index contributed by atoms with van der Waals surface area (Å²) in [6, 6.07) is 6.61. The molecule has 0 heterocycles. The summed E-state index contributed by atoms with van der Waals surface area (Å²) in [5.41, 5.74) is 1.19. The highest BCUT2D eigenvalue weighted by atomic mass is 16.5. The molecule has 0 saturated heterocycles. The minimum atomic E-state index is 0.467. The van der Waals surface area contributed by atoms with Gasteiger partial charge >= 0.3 is 0 Å². The van der Waals surface area contributed by atoms with E-state index in [2.05, 4.69) is 39.1 Å². The van der Waals surface area contributed by atoms with Crippen LogP contribution in [0.25, 0.3) is 0 Å². The van der Waals surface area contributed by atoms with E-state index in [0.717, 1.165) is 50.5 Å². The van der Waals surface area contributed by atoms with Crippen LogP contribution < -0.4 is 14.8 Å². The van der Waals surface area contributed by atoms with Crippen molar-refractivity contribution in [2.75, 3.05) is 13.2 Å². The third-order valence-corrected chi connectivity index (χ3v) is 2.97. The van der Waals surface area contributed by atoms with E-state index < -0.39 is 0 Å². The van der Waals surface area contributed by atoms with Crippen LogP contribution in [0.4, 0.5) is 0 Å². The van der Waals surface area contributed by atoms with Gasteiger partial charge in [0.1, 0.15) is 11.5 Å². The Kier molecular flexibility index (Phi) is 8.12. The lowest BCUT2D eigenvalue weighted by atomic mass is 10.1. The Morgan fingerprint density at radius 2 is 1.85 bits per heavy atom. The molecule has 20 heavy (non-hydrogen) atoms. The first-order valence-electron chi connectivity index (χ1n) is 7.79. The maximum absolute atomic E-state index is 5.91. The van der Waals surface area contributed by atoms with Crippen LogP contribution in [0.5, 0.6) is 11.5 Å². The fourth-order valence-electron chi connectivity index (χ4n) is 1.77. The molecule has 0 aromatic heterocycles. The summed E-state index contributed by atoms with van der Waals surface area (Å²) in [4.78, 5) is 0. The molecule has 1 N–H and O–H groups in total. The Hall–Kier alpha value is -1.22. The average Bonchev–Trinajstić information content (AvgIpc) is 2.44. The Labute approximate surface area is 123 Å². The molecule has 0 aliphatic heterocycles. The summed E-state index contributed by atoms with van der Waals surface area (Å²) >= 11 is 0. The Morgan fingerprint density at radius 1 is 1.05 bits per heavy atom. The van der Waals surface area contributed by atoms with Gasteiger partial charge in [-0.15, -0.1) is 0 Å². The van der Waals surface area contributed by atoms with Crippen molar-refractivity contribution < 1.29 is 9.47 Å². The summed E-state index contributed by atoms with van der Waals surface area (Å²) in [7, 11) is 0. The second-order valence-electron chi connectivity index (χ2n) is 5.36. The van der Waals surface area contributed by atoms with E-state index in [0.29, 0.717) is 6.04 Å². The third kappa shape index (κ3) is 6.29. The van der Waals surface area contributed by atoms with Gasteiger partial charge in [0.15, 0.2) is 0 Å². The van der Waals surface area contributed by atoms with Crippen LogP contribution >= 0.6 is 0 Å². The van der Waals surface area contributed by atoms with Gasteiger partial charge in [0.2, 0.25) is 0 Å². The van der Waals surface area contributed by atoms with Crippen molar-refractivity contribution in [3.05, 3.63) is 23.8 Å². The lowest BCUT2D eigenvalue weighted by Gasteiger charge is -2.15. The highest BCUT2D eigenvalue weighted by Gasteiger charge is 2.07. The third-order valence-electron chi connectivity index (χ3n) is 2.97. The van der Waals surface area contributed by atoms with E-state index in [1.54, 1.807) is 0 Å². The molecule has 0 bridgehead atoms. The summed E-state index contributed by atoms with van der Waals surface area (Å²) in [6.07, 6.45) is 3.24. The molecule has 114 valence electrons. The monoisotopic (exact) mass is 279 g/mol. The molecule has 0 atom stereocenters. The van der Waals surface area contributed by atoms with E-state index in [-0.39, 0.29) is 0 Å². The Bertz CT molecular complexity index is 377. The molecule has 0 aliphatic carbocycles. The van der Waals surface area contributed by atoms with Gasteiger partial charge in [0, 0.05) is 24.2 Å². The molecule has 1 aromatic carbocycles. The Balaban J connectivity index is 2.73. The molecule has 1 rings (SSSR count). The van der Waals surface area contributed by atoms with Gasteiger partial charge in [-0.1, -0.05) is 40.2 Å². The zero-order valence-electron chi connectivity index (χ0n) is 13.4. The first kappa shape index (κ1) is 16.8. The number of rotatable bonds is 10. The van der Waals surface area contributed by atoms with Gasteiger partial charge in [-0.3, -0.25) is 0 Å². The van der Waals surface area contributed by atoms with Crippen molar-refractivity contribution in [1.29, 1.82) is 0 Å². The van der Waals surface area contributed by atoms with Gasteiger partial charge in [0.25, 0.3) is 0 Å². The number of nitrogens with one attached hydrogen (secondary N) is 1. The van der Waals surface area contributed by atoms with Crippen molar-refractivity contribution in [3.8, 4) is 11.5 Å². The van der Waals surface area contributed by atoms with Gasteiger partial charge in [-0.25, -0.2) is 0 Å². The van der Waals surface area contributed by atoms with Crippen LogP contribution in [0, 0.1) is 0 Å². The van der Waals surface area contributed by atoms with Crippen molar-refractivity contribution >= 4 is 0 Å². The number of benzene rings is 1. The van der Waals surface area contributed by atoms with Gasteiger partial charge < -0.3 is 14.8 Å². The summed E-state index contributed by atoms with van der Waals surface area (Å²) < 4.78 is 11.6. The van der Waals surface area contributed by atoms with Crippen LogP contribution in [-0.2, 0) is 6.54 Å². The zero-order valence-corrected chi connectivity index (χ0v) is 13.4. The van der Waals surface area contributed by atoms with Crippen LogP contribution in [0.1, 0.15) is 52.5 Å². The van der Waals surface area contributed by atoms with Gasteiger partial charge in [-0.2, -0.15) is 0 Å². The van der Waals surface area contributed by atoms with E-state index in [4.69, 9.17) is 9.47 Å². The second kappa shape index (κ2) is 9.65. The first-order chi connectivity index (χ1) is 9.67. The molecule has 0 saturated carbocycles. The predicted octanol–water partition coefficient (Wildman–Crippen LogP) is 4.15. The number of ether oxygens (including phenoxy) is 2. The quantitative estimate of drug-likeness (QED) is 0.653. The predicted molar refractivity (Wildman–Crippen MR) is 84.6 cm³/mol. The van der Waals surface area contributed by atoms with E-state index >= 15 is 0 Å². The van der Waals surface area contributed by atoms with E-state index in [1.165, 1.54) is 5.56 Å². The maximum Gasteiger partial charge on any atom is 0.127 e. The van der Waals surface area contributed by atoms with Crippen molar-refractivity contribution in [3.63, 3.8) is 0 Å². The fourth-order valence-corrected chi connectivity index (χ4v) is 1.77. The normalized spacial score (nSPS) is 10.8. The lowest BCUT2D eigenvalue weighted by molar-refractivity contribution is 0.294. The van der Waals surface area contributed by atoms with Crippen LogP contribution in [0.3, 0.4) is 0 Å². The minimum Gasteiger partial charge on any atom is -0.493 e. The van der Waals surface area contributed by atoms with E-state index in [1.807, 2.05) is 12.1 Å². The largest absolute Gasteiger partial charge is 0.493 e. The SMILES string of the molecule is CCCCOc1cc(OCCC)ccc1CNC(C)C. The Morgan fingerprint density at radius 3 is 2.50 bits per heavy atom. The standard InChI is InChI=1S/C17H29NO2/c1-5-7-11-20-17-12-16(19-10-6-2)9-8-15(17)13-18-14(3)4/h8-9,12,14,18H,5-7,10-11,13H2,1-4H3. The van der Waals surface area contributed by atoms with Crippen LogP contribution in [0.15, 0.2) is 18.2 Å². The number of hydrogen-bond donors (Lipinski definition) is 1. The average molecular weight is 279 g/mol. The molecular weight excluding hydrogens is 250 g/mol. The van der Waals surface area contributed by atoms with Gasteiger partial charge in [-0.05, 0) is 18.9 Å². The molecule has 3 nitrogen and oxygen atoms in total. The van der Waals surface area contributed by atoms with Crippen molar-refractivity contribution in [2.45, 2.75) is 59.5 Å². The summed E-state index contributed by atoms with van der Waals surface area (Å²) in [5.74, 6) is 1.84. The highest BCUT2D eigenvalue weighted by molar-refractivity contribution is 5.40. The van der Waals surface area contributed by atoms with Crippen LogP contribution in [-0.4, -0.2) is 19.3 Å². The highest BCUT2D eigenvalue weighted by Crippen LogP contribution is 2.25. The molecule has 0 aliphatic rings. The first-order valence-corrected chi connectivity index (χ1v) is 7.79. The molecular formula is C17H29NO2. The summed E-state index contributed by atoms with van der Waals surface area (Å²) in [5, 5.41) is 3.43. The molecule has 3 heteroatoms. The lowest BCUT2D eigenvalue weighted by Crippen LogP contribution is -2.22. The number of hydrogen-bond acceptors (Lipinski definition) is 3. The zero-order chi connectivity index (χ0) is 14.8. The summed E-state index contributed by atoms with van der Waals surface area (Å²) in [6.45, 7) is 10.9. The smallest absolute Gasteiger partial charge is 0.127 e. The molecule has 1 aromatic rings. The van der Waals surface area contributed by atoms with Gasteiger partial charge in [0.05, 0.1) is 13.2 Å². The van der Waals surface area contributed by atoms with Crippen LogP contribution in [0.2, 0.25) is 0 Å². The van der Waals surface area contributed by atoms with Crippen molar-refractivity contribution in [1.82, 2.24) is 5.32 Å². The fraction of sp³-hybridized carbons (Fsp3) is 0.647.